The lowest BCUT2D eigenvalue weighted by Crippen LogP contribution is -2.42. The van der Waals surface area contributed by atoms with Crippen molar-refractivity contribution in [1.82, 2.24) is 4.90 Å². The largest absolute Gasteiger partial charge is 0.334 e. The van der Waals surface area contributed by atoms with Gasteiger partial charge in [0.05, 0.1) is 4.90 Å². The third-order valence-corrected chi connectivity index (χ3v) is 4.67. The number of sulfonamides is 1. The summed E-state index contributed by atoms with van der Waals surface area (Å²) in [7, 11) is -3.80. The molecule has 0 unspecified atom stereocenters. The minimum atomic E-state index is -3.80. The summed E-state index contributed by atoms with van der Waals surface area (Å²) in [5.74, 6) is -0.138. The first-order chi connectivity index (χ1) is 9.11. The molecule has 1 aliphatic heterocycles. The number of hydrogen-bond donors (Lipinski definition) is 1. The summed E-state index contributed by atoms with van der Waals surface area (Å²) >= 11 is 0. The first-order valence-electron chi connectivity index (χ1n) is 6.58. The highest BCUT2D eigenvalue weighted by atomic mass is 32.2. The lowest BCUT2D eigenvalue weighted by molar-refractivity contribution is 0.0651. The van der Waals surface area contributed by atoms with Crippen LogP contribution in [-0.2, 0) is 10.0 Å². The molecule has 5 nitrogen and oxygen atoms in total. The summed E-state index contributed by atoms with van der Waals surface area (Å²) in [6.07, 6.45) is 1.92. The van der Waals surface area contributed by atoms with E-state index in [4.69, 9.17) is 5.14 Å². The predicted octanol–water partition coefficient (Wildman–Crippen LogP) is 1.66. The number of hydrogen-bond acceptors (Lipinski definition) is 3. The van der Waals surface area contributed by atoms with E-state index < -0.39 is 10.0 Å². The van der Waals surface area contributed by atoms with Crippen LogP contribution >= 0.6 is 0 Å². The van der Waals surface area contributed by atoms with Crippen molar-refractivity contribution in [1.29, 1.82) is 0 Å². The van der Waals surface area contributed by atoms with Crippen LogP contribution in [0.1, 0.15) is 42.6 Å². The molecule has 1 aliphatic rings. The third-order valence-electron chi connectivity index (χ3n) is 3.77. The minimum absolute atomic E-state index is 0.0159. The second kappa shape index (κ2) is 4.86. The van der Waals surface area contributed by atoms with Gasteiger partial charge in [0, 0.05) is 17.6 Å². The van der Waals surface area contributed by atoms with Crippen LogP contribution in [0.4, 0.5) is 0 Å². The zero-order valence-corrected chi connectivity index (χ0v) is 12.8. The van der Waals surface area contributed by atoms with Gasteiger partial charge in [0.1, 0.15) is 0 Å². The van der Waals surface area contributed by atoms with Crippen LogP contribution in [0.3, 0.4) is 0 Å². The van der Waals surface area contributed by atoms with E-state index in [2.05, 4.69) is 0 Å². The molecule has 1 heterocycles. The molecule has 110 valence electrons. The normalized spacial score (nSPS) is 18.3. The number of primary sulfonamides is 1. The van der Waals surface area contributed by atoms with Crippen LogP contribution in [-0.4, -0.2) is 31.3 Å². The molecule has 20 heavy (non-hydrogen) atoms. The zero-order valence-electron chi connectivity index (χ0n) is 12.0. The molecule has 0 saturated carbocycles. The highest BCUT2D eigenvalue weighted by Crippen LogP contribution is 2.30. The van der Waals surface area contributed by atoms with Crippen molar-refractivity contribution in [3.63, 3.8) is 0 Å². The van der Waals surface area contributed by atoms with Gasteiger partial charge in [-0.1, -0.05) is 0 Å². The average Bonchev–Trinajstić information content (AvgIpc) is 2.66. The van der Waals surface area contributed by atoms with E-state index in [1.807, 2.05) is 13.8 Å². The average molecular weight is 296 g/mol. The van der Waals surface area contributed by atoms with Crippen LogP contribution in [0.15, 0.2) is 23.1 Å². The summed E-state index contributed by atoms with van der Waals surface area (Å²) in [6, 6.07) is 4.53. The summed E-state index contributed by atoms with van der Waals surface area (Å²) in [5, 5.41) is 5.15. The van der Waals surface area contributed by atoms with Crippen molar-refractivity contribution in [2.24, 2.45) is 5.14 Å². The molecular formula is C14H20N2O3S. The molecule has 6 heteroatoms. The Bertz CT molecular complexity index is 650. The molecule has 0 aromatic heterocycles. The molecule has 0 radical (unpaired) electrons. The number of amides is 1. The molecule has 2 N–H and O–H groups in total. The number of nitrogens with two attached hydrogens (primary N) is 1. The standard InChI is InChI=1S/C14H20N2O3S/c1-10-7-11(9-12(8-10)20(15,18)19)13(17)16-6-4-5-14(16,2)3/h7-9H,4-6H2,1-3H3,(H2,15,18,19). The Morgan fingerprint density at radius 1 is 1.30 bits per heavy atom. The first kappa shape index (κ1) is 15.0. The van der Waals surface area contributed by atoms with Gasteiger partial charge in [-0.25, -0.2) is 13.6 Å². The van der Waals surface area contributed by atoms with E-state index in [0.717, 1.165) is 12.8 Å². The van der Waals surface area contributed by atoms with Crippen LogP contribution in [0.2, 0.25) is 0 Å². The molecule has 0 bridgehead atoms. The van der Waals surface area contributed by atoms with Crippen molar-refractivity contribution >= 4 is 15.9 Å². The van der Waals surface area contributed by atoms with E-state index >= 15 is 0 Å². The van der Waals surface area contributed by atoms with Crippen molar-refractivity contribution < 1.29 is 13.2 Å². The van der Waals surface area contributed by atoms with Gasteiger partial charge in [0.25, 0.3) is 5.91 Å². The van der Waals surface area contributed by atoms with Crippen molar-refractivity contribution in [2.45, 2.75) is 44.0 Å². The van der Waals surface area contributed by atoms with E-state index in [0.29, 0.717) is 17.7 Å². The maximum Gasteiger partial charge on any atom is 0.254 e. The van der Waals surface area contributed by atoms with Gasteiger partial charge in [-0.15, -0.1) is 0 Å². The Hall–Kier alpha value is -1.40. The highest BCUT2D eigenvalue weighted by molar-refractivity contribution is 7.89. The van der Waals surface area contributed by atoms with E-state index in [-0.39, 0.29) is 16.3 Å². The fourth-order valence-corrected chi connectivity index (χ4v) is 3.32. The molecule has 2 rings (SSSR count). The number of benzene rings is 1. The second-order valence-electron chi connectivity index (χ2n) is 5.95. The molecule has 0 aliphatic carbocycles. The maximum atomic E-state index is 12.6. The van der Waals surface area contributed by atoms with E-state index in [9.17, 15) is 13.2 Å². The molecule has 0 spiro atoms. The highest BCUT2D eigenvalue weighted by Gasteiger charge is 2.36. The van der Waals surface area contributed by atoms with E-state index in [1.165, 1.54) is 12.1 Å². The molecule has 1 fully saturated rings. The van der Waals surface area contributed by atoms with Crippen LogP contribution in [0.25, 0.3) is 0 Å². The lowest BCUT2D eigenvalue weighted by Gasteiger charge is -2.31. The monoisotopic (exact) mass is 296 g/mol. The molecule has 1 aromatic carbocycles. The van der Waals surface area contributed by atoms with E-state index in [1.54, 1.807) is 17.9 Å². The fourth-order valence-electron chi connectivity index (χ4n) is 2.68. The van der Waals surface area contributed by atoms with Crippen molar-refractivity contribution in [2.75, 3.05) is 6.54 Å². The Balaban J connectivity index is 2.43. The van der Waals surface area contributed by atoms with Gasteiger partial charge in [0.15, 0.2) is 0 Å². The number of carbonyl (C=O) groups is 1. The van der Waals surface area contributed by atoms with Crippen molar-refractivity contribution in [3.05, 3.63) is 29.3 Å². The maximum absolute atomic E-state index is 12.6. The minimum Gasteiger partial charge on any atom is -0.334 e. The number of aryl methyl sites for hydroxylation is 1. The van der Waals surface area contributed by atoms with Gasteiger partial charge in [-0.05, 0) is 57.4 Å². The summed E-state index contributed by atoms with van der Waals surface area (Å²) in [5.41, 5.74) is 0.892. The lowest BCUT2D eigenvalue weighted by atomic mass is 10.0. The summed E-state index contributed by atoms with van der Waals surface area (Å²) in [6.45, 7) is 6.49. The molecule has 1 saturated heterocycles. The molecule has 0 atom stereocenters. The number of nitrogens with zero attached hydrogens (tertiary/aromatic N) is 1. The van der Waals surface area contributed by atoms with Crippen LogP contribution < -0.4 is 5.14 Å². The van der Waals surface area contributed by atoms with Gasteiger partial charge >= 0.3 is 0 Å². The van der Waals surface area contributed by atoms with Gasteiger partial charge in [-0.2, -0.15) is 0 Å². The topological polar surface area (TPSA) is 80.5 Å². The first-order valence-corrected chi connectivity index (χ1v) is 8.12. The van der Waals surface area contributed by atoms with Crippen LogP contribution in [0, 0.1) is 6.92 Å². The Morgan fingerprint density at radius 2 is 1.95 bits per heavy atom. The summed E-state index contributed by atoms with van der Waals surface area (Å²) in [4.78, 5) is 14.4. The second-order valence-corrected chi connectivity index (χ2v) is 7.51. The van der Waals surface area contributed by atoms with Gasteiger partial charge in [-0.3, -0.25) is 4.79 Å². The number of carbonyl (C=O) groups excluding carboxylic acids is 1. The predicted molar refractivity (Wildman–Crippen MR) is 76.9 cm³/mol. The molecule has 1 amide bonds. The quantitative estimate of drug-likeness (QED) is 0.901. The van der Waals surface area contributed by atoms with Crippen LogP contribution in [0.5, 0.6) is 0 Å². The summed E-state index contributed by atoms with van der Waals surface area (Å²) < 4.78 is 22.9. The third kappa shape index (κ3) is 2.86. The SMILES string of the molecule is Cc1cc(C(=O)N2CCCC2(C)C)cc(S(N)(=O)=O)c1. The Kier molecular flexibility index (Phi) is 3.64. The molecule has 1 aromatic rings. The number of likely N-dealkylation sites (tertiary alicyclic amines) is 1. The Morgan fingerprint density at radius 3 is 2.45 bits per heavy atom. The van der Waals surface area contributed by atoms with Gasteiger partial charge in [0.2, 0.25) is 10.0 Å². The molecular weight excluding hydrogens is 276 g/mol. The van der Waals surface area contributed by atoms with Crippen molar-refractivity contribution in [3.8, 4) is 0 Å². The smallest absolute Gasteiger partial charge is 0.254 e. The van der Waals surface area contributed by atoms with Gasteiger partial charge < -0.3 is 4.90 Å². The zero-order chi connectivity index (χ0) is 15.1. The fraction of sp³-hybridized carbons (Fsp3) is 0.500. The number of rotatable bonds is 2. The Labute approximate surface area is 119 Å².